The zero-order valence-electron chi connectivity index (χ0n) is 20.6. The molecule has 0 radical (unpaired) electrons. The van der Waals surface area contributed by atoms with Crippen LogP contribution in [0.15, 0.2) is 0 Å². The van der Waals surface area contributed by atoms with Crippen LogP contribution in [0.4, 0.5) is 9.59 Å². The van der Waals surface area contributed by atoms with Gasteiger partial charge in [-0.15, -0.1) is 0 Å². The number of aldehydes is 1. The zero-order valence-corrected chi connectivity index (χ0v) is 20.6. The standard InChI is InChI=1S/C22H40N4O7/c1-21(2,3)32-19(30)23-12-8-7-10-16(14-27)26-18(29)17(25-15-28)11-9-13-24-20(31)33-22(4,5)6/h14-17H,7-13H2,1-6H3,(H,23,30)(H,24,31)(H,25,28)(H,26,29)/t16?,17-/m0/s1. The van der Waals surface area contributed by atoms with E-state index in [2.05, 4.69) is 21.3 Å². The Labute approximate surface area is 196 Å². The molecule has 0 spiro atoms. The molecular formula is C22H40N4O7. The van der Waals surface area contributed by atoms with E-state index in [1.807, 2.05) is 0 Å². The molecule has 0 aliphatic heterocycles. The van der Waals surface area contributed by atoms with Crippen LogP contribution in [0.3, 0.4) is 0 Å². The number of hydrogen-bond donors (Lipinski definition) is 4. The summed E-state index contributed by atoms with van der Waals surface area (Å²) in [6, 6.07) is -1.55. The smallest absolute Gasteiger partial charge is 0.407 e. The van der Waals surface area contributed by atoms with Crippen LogP contribution >= 0.6 is 0 Å². The van der Waals surface area contributed by atoms with Crippen LogP contribution in [0, 0.1) is 0 Å². The SMILES string of the molecule is CC(C)(C)OC(=O)NCCCCC(C=O)NC(=O)[C@H](CCCNC(=O)OC(C)(C)C)NC=O. The Bertz CT molecular complexity index is 642. The summed E-state index contributed by atoms with van der Waals surface area (Å²) in [4.78, 5) is 57.9. The first-order valence-corrected chi connectivity index (χ1v) is 11.2. The summed E-state index contributed by atoms with van der Waals surface area (Å²) in [5.41, 5.74) is -1.18. The summed E-state index contributed by atoms with van der Waals surface area (Å²) in [5, 5.41) is 10.3. The average Bonchev–Trinajstić information content (AvgIpc) is 2.66. The number of carbonyl (C=O) groups is 5. The van der Waals surface area contributed by atoms with E-state index in [-0.39, 0.29) is 13.0 Å². The van der Waals surface area contributed by atoms with Gasteiger partial charge < -0.3 is 35.5 Å². The summed E-state index contributed by atoms with van der Waals surface area (Å²) in [6.45, 7) is 11.2. The van der Waals surface area contributed by atoms with Gasteiger partial charge in [0.1, 0.15) is 23.5 Å². The topological polar surface area (TPSA) is 152 Å². The molecule has 0 saturated heterocycles. The van der Waals surface area contributed by atoms with Crippen LogP contribution in [0.5, 0.6) is 0 Å². The van der Waals surface area contributed by atoms with Gasteiger partial charge in [-0.3, -0.25) is 9.59 Å². The van der Waals surface area contributed by atoms with Crippen molar-refractivity contribution >= 4 is 30.8 Å². The fraction of sp³-hybridized carbons (Fsp3) is 0.773. The first-order valence-electron chi connectivity index (χ1n) is 11.2. The van der Waals surface area contributed by atoms with Gasteiger partial charge in [0.2, 0.25) is 12.3 Å². The van der Waals surface area contributed by atoms with Crippen molar-refractivity contribution in [2.75, 3.05) is 13.1 Å². The van der Waals surface area contributed by atoms with Crippen molar-refractivity contribution < 1.29 is 33.4 Å². The lowest BCUT2D eigenvalue weighted by molar-refractivity contribution is -0.127. The summed E-state index contributed by atoms with van der Waals surface area (Å²) in [5.74, 6) is -0.483. The normalized spacial score (nSPS) is 13.2. The van der Waals surface area contributed by atoms with Crippen molar-refractivity contribution in [3.63, 3.8) is 0 Å². The van der Waals surface area contributed by atoms with Crippen molar-refractivity contribution in [2.24, 2.45) is 0 Å². The monoisotopic (exact) mass is 472 g/mol. The van der Waals surface area contributed by atoms with Gasteiger partial charge in [0, 0.05) is 13.1 Å². The third-order valence-electron chi connectivity index (χ3n) is 4.03. The van der Waals surface area contributed by atoms with Crippen LogP contribution in [-0.4, -0.2) is 67.2 Å². The maximum Gasteiger partial charge on any atom is 0.407 e. The number of ether oxygens (including phenoxy) is 2. The van der Waals surface area contributed by atoms with E-state index in [0.29, 0.717) is 44.9 Å². The molecule has 2 atom stereocenters. The molecule has 0 fully saturated rings. The summed E-state index contributed by atoms with van der Waals surface area (Å²) < 4.78 is 10.3. The van der Waals surface area contributed by atoms with Crippen molar-refractivity contribution in [3.05, 3.63) is 0 Å². The highest BCUT2D eigenvalue weighted by Gasteiger charge is 2.21. The van der Waals surface area contributed by atoms with Crippen molar-refractivity contribution in [3.8, 4) is 0 Å². The lowest BCUT2D eigenvalue weighted by atomic mass is 10.1. The van der Waals surface area contributed by atoms with Gasteiger partial charge in [0.25, 0.3) is 0 Å². The number of alkyl carbamates (subject to hydrolysis) is 2. The molecule has 11 nitrogen and oxygen atoms in total. The van der Waals surface area contributed by atoms with E-state index < -0.39 is 41.4 Å². The van der Waals surface area contributed by atoms with Crippen LogP contribution in [0.2, 0.25) is 0 Å². The molecule has 190 valence electrons. The molecule has 0 aromatic rings. The summed E-state index contributed by atoms with van der Waals surface area (Å²) in [7, 11) is 0. The molecule has 4 N–H and O–H groups in total. The number of amides is 4. The van der Waals surface area contributed by atoms with E-state index in [1.54, 1.807) is 41.5 Å². The third kappa shape index (κ3) is 17.4. The first-order chi connectivity index (χ1) is 15.3. The summed E-state index contributed by atoms with van der Waals surface area (Å²) >= 11 is 0. The van der Waals surface area contributed by atoms with Gasteiger partial charge in [-0.1, -0.05) is 0 Å². The molecule has 0 aliphatic carbocycles. The molecule has 0 rings (SSSR count). The Kier molecular flexibility index (Phi) is 13.8. The fourth-order valence-corrected chi connectivity index (χ4v) is 2.63. The minimum Gasteiger partial charge on any atom is -0.444 e. The minimum atomic E-state index is -0.834. The molecule has 0 heterocycles. The maximum absolute atomic E-state index is 12.5. The van der Waals surface area contributed by atoms with Crippen molar-refractivity contribution in [2.45, 2.75) is 96.9 Å². The van der Waals surface area contributed by atoms with Gasteiger partial charge in [0.05, 0.1) is 6.04 Å². The molecule has 11 heteroatoms. The molecule has 0 aliphatic rings. The first kappa shape index (κ1) is 30.1. The van der Waals surface area contributed by atoms with Crippen LogP contribution < -0.4 is 21.3 Å². The average molecular weight is 473 g/mol. The maximum atomic E-state index is 12.5. The van der Waals surface area contributed by atoms with E-state index in [4.69, 9.17) is 9.47 Å². The molecular weight excluding hydrogens is 432 g/mol. The second-order valence-electron chi connectivity index (χ2n) is 9.58. The highest BCUT2D eigenvalue weighted by Crippen LogP contribution is 2.08. The Morgan fingerprint density at radius 2 is 1.30 bits per heavy atom. The number of nitrogens with one attached hydrogen (secondary N) is 4. The Hall–Kier alpha value is -2.85. The van der Waals surface area contributed by atoms with E-state index in [1.165, 1.54) is 0 Å². The molecule has 0 saturated carbocycles. The van der Waals surface area contributed by atoms with Gasteiger partial charge in [-0.2, -0.15) is 0 Å². The number of unbranched alkanes of at least 4 members (excludes halogenated alkanes) is 1. The van der Waals surface area contributed by atoms with Crippen molar-refractivity contribution in [1.82, 2.24) is 21.3 Å². The fourth-order valence-electron chi connectivity index (χ4n) is 2.63. The van der Waals surface area contributed by atoms with Gasteiger partial charge in [0.15, 0.2) is 0 Å². The largest absolute Gasteiger partial charge is 0.444 e. The lowest BCUT2D eigenvalue weighted by Gasteiger charge is -2.21. The quantitative estimate of drug-likeness (QED) is 0.222. The summed E-state index contributed by atoms with van der Waals surface area (Å²) in [6.07, 6.45) is 2.26. The van der Waals surface area contributed by atoms with Gasteiger partial charge in [-0.25, -0.2) is 9.59 Å². The van der Waals surface area contributed by atoms with Crippen LogP contribution in [0.25, 0.3) is 0 Å². The Morgan fingerprint density at radius 1 is 0.788 bits per heavy atom. The number of carbonyl (C=O) groups excluding carboxylic acids is 5. The second kappa shape index (κ2) is 15.1. The minimum absolute atomic E-state index is 0.265. The molecule has 0 aromatic carbocycles. The second-order valence-corrected chi connectivity index (χ2v) is 9.58. The molecule has 0 bridgehead atoms. The zero-order chi connectivity index (χ0) is 25.5. The highest BCUT2D eigenvalue weighted by atomic mass is 16.6. The predicted octanol–water partition coefficient (Wildman–Crippen LogP) is 1.78. The van der Waals surface area contributed by atoms with Crippen LogP contribution in [-0.2, 0) is 23.9 Å². The van der Waals surface area contributed by atoms with E-state index >= 15 is 0 Å². The van der Waals surface area contributed by atoms with Gasteiger partial charge >= 0.3 is 12.2 Å². The highest BCUT2D eigenvalue weighted by molar-refractivity contribution is 5.85. The van der Waals surface area contributed by atoms with Crippen LogP contribution in [0.1, 0.15) is 73.6 Å². The van der Waals surface area contributed by atoms with Gasteiger partial charge in [-0.05, 0) is 73.6 Å². The predicted molar refractivity (Wildman–Crippen MR) is 123 cm³/mol. The third-order valence-corrected chi connectivity index (χ3v) is 4.03. The van der Waals surface area contributed by atoms with E-state index in [9.17, 15) is 24.0 Å². The number of rotatable bonds is 14. The van der Waals surface area contributed by atoms with Crippen molar-refractivity contribution in [1.29, 1.82) is 0 Å². The molecule has 1 unspecified atom stereocenters. The lowest BCUT2D eigenvalue weighted by Crippen LogP contribution is -2.48. The molecule has 33 heavy (non-hydrogen) atoms. The molecule has 4 amide bonds. The molecule has 0 aromatic heterocycles. The number of hydrogen-bond acceptors (Lipinski definition) is 7. The van der Waals surface area contributed by atoms with E-state index in [0.717, 1.165) is 0 Å². The Morgan fingerprint density at radius 3 is 1.76 bits per heavy atom. The Balaban J connectivity index is 4.32.